The van der Waals surface area contributed by atoms with Gasteiger partial charge in [0.25, 0.3) is 0 Å². The van der Waals surface area contributed by atoms with Crippen molar-refractivity contribution in [3.63, 3.8) is 0 Å². The summed E-state index contributed by atoms with van der Waals surface area (Å²) in [4.78, 5) is 2.50. The van der Waals surface area contributed by atoms with Crippen molar-refractivity contribution < 1.29 is 9.47 Å². The van der Waals surface area contributed by atoms with Gasteiger partial charge in [-0.25, -0.2) is 0 Å². The Balaban J connectivity index is 2.52. The van der Waals surface area contributed by atoms with Gasteiger partial charge in [-0.3, -0.25) is 0 Å². The van der Waals surface area contributed by atoms with E-state index in [9.17, 15) is 0 Å². The zero-order chi connectivity index (χ0) is 14.5. The van der Waals surface area contributed by atoms with E-state index in [1.54, 1.807) is 11.3 Å². The highest BCUT2D eigenvalue weighted by atomic mass is 32.1. The lowest BCUT2D eigenvalue weighted by Crippen LogP contribution is -2.30. The number of rotatable bonds is 7. The molecule has 0 saturated carbocycles. The van der Waals surface area contributed by atoms with E-state index in [-0.39, 0.29) is 17.7 Å². The lowest BCUT2D eigenvalue weighted by molar-refractivity contribution is -0.0563. The predicted octanol–water partition coefficient (Wildman–Crippen LogP) is 3.67. The number of nitrogens with two attached hydrogens (primary N) is 1. The Kier molecular flexibility index (Phi) is 6.47. The molecular weight excluding hydrogens is 258 g/mol. The topological polar surface area (TPSA) is 44.5 Å². The molecule has 0 bridgehead atoms. The van der Waals surface area contributed by atoms with Crippen LogP contribution < -0.4 is 5.73 Å². The first-order chi connectivity index (χ1) is 8.83. The molecule has 0 fully saturated rings. The Morgan fingerprint density at radius 1 is 1.26 bits per heavy atom. The van der Waals surface area contributed by atoms with E-state index in [2.05, 4.69) is 26.0 Å². The van der Waals surface area contributed by atoms with E-state index < -0.39 is 0 Å². The summed E-state index contributed by atoms with van der Waals surface area (Å²) >= 11 is 1.76. The molecule has 0 radical (unpaired) electrons. The van der Waals surface area contributed by atoms with Crippen molar-refractivity contribution in [2.75, 3.05) is 13.2 Å². The SMILES string of the molecule is CCC(N)C(OCCOC(C)(C)C)c1ccc(C)s1. The molecule has 0 aliphatic rings. The molecule has 1 aromatic heterocycles. The van der Waals surface area contributed by atoms with Crippen molar-refractivity contribution in [1.29, 1.82) is 0 Å². The fraction of sp³-hybridized carbons (Fsp3) is 0.733. The number of hydrogen-bond acceptors (Lipinski definition) is 4. The molecule has 110 valence electrons. The molecule has 2 atom stereocenters. The first kappa shape index (κ1) is 16.6. The smallest absolute Gasteiger partial charge is 0.107 e. The monoisotopic (exact) mass is 285 g/mol. The Morgan fingerprint density at radius 2 is 1.95 bits per heavy atom. The van der Waals surface area contributed by atoms with E-state index in [4.69, 9.17) is 15.2 Å². The van der Waals surface area contributed by atoms with Crippen LogP contribution in [0.2, 0.25) is 0 Å². The molecule has 1 aromatic rings. The molecule has 0 amide bonds. The Morgan fingerprint density at radius 3 is 2.42 bits per heavy atom. The van der Waals surface area contributed by atoms with Crippen LogP contribution in [0.4, 0.5) is 0 Å². The van der Waals surface area contributed by atoms with Crippen LogP contribution in [0.1, 0.15) is 50.0 Å². The quantitative estimate of drug-likeness (QED) is 0.777. The number of ether oxygens (including phenoxy) is 2. The highest BCUT2D eigenvalue weighted by Crippen LogP contribution is 2.28. The average Bonchev–Trinajstić information content (AvgIpc) is 2.73. The van der Waals surface area contributed by atoms with Crippen molar-refractivity contribution in [3.8, 4) is 0 Å². The molecule has 1 heterocycles. The summed E-state index contributed by atoms with van der Waals surface area (Å²) in [7, 11) is 0. The third-order valence-electron chi connectivity index (χ3n) is 2.82. The van der Waals surface area contributed by atoms with Gasteiger partial charge in [-0.1, -0.05) is 6.92 Å². The Labute approximate surface area is 121 Å². The molecule has 0 aliphatic carbocycles. The van der Waals surface area contributed by atoms with Gasteiger partial charge in [0.05, 0.1) is 18.8 Å². The van der Waals surface area contributed by atoms with Gasteiger partial charge >= 0.3 is 0 Å². The van der Waals surface area contributed by atoms with Crippen LogP contribution in [-0.2, 0) is 9.47 Å². The fourth-order valence-electron chi connectivity index (χ4n) is 1.76. The Bertz CT molecular complexity index is 370. The van der Waals surface area contributed by atoms with Gasteiger partial charge in [-0.05, 0) is 46.2 Å². The van der Waals surface area contributed by atoms with Gasteiger partial charge in [-0.2, -0.15) is 0 Å². The molecule has 0 spiro atoms. The molecule has 1 rings (SSSR count). The van der Waals surface area contributed by atoms with Crippen LogP contribution in [0.5, 0.6) is 0 Å². The molecule has 0 aliphatic heterocycles. The average molecular weight is 285 g/mol. The van der Waals surface area contributed by atoms with Crippen molar-refractivity contribution in [1.82, 2.24) is 0 Å². The highest BCUT2D eigenvalue weighted by molar-refractivity contribution is 7.12. The van der Waals surface area contributed by atoms with Gasteiger partial charge in [0.2, 0.25) is 0 Å². The maximum absolute atomic E-state index is 6.17. The van der Waals surface area contributed by atoms with Crippen molar-refractivity contribution in [2.45, 2.75) is 58.8 Å². The van der Waals surface area contributed by atoms with E-state index >= 15 is 0 Å². The molecule has 2 unspecified atom stereocenters. The largest absolute Gasteiger partial charge is 0.373 e. The third-order valence-corrected chi connectivity index (χ3v) is 3.88. The van der Waals surface area contributed by atoms with Crippen molar-refractivity contribution in [3.05, 3.63) is 21.9 Å². The second-order valence-electron chi connectivity index (χ2n) is 5.77. The van der Waals surface area contributed by atoms with Crippen LogP contribution in [-0.4, -0.2) is 24.9 Å². The second-order valence-corrected chi connectivity index (χ2v) is 7.09. The molecule has 0 aromatic carbocycles. The summed E-state index contributed by atoms with van der Waals surface area (Å²) in [5.74, 6) is 0. The van der Waals surface area contributed by atoms with Gasteiger partial charge in [0, 0.05) is 15.8 Å². The fourth-order valence-corrected chi connectivity index (χ4v) is 2.76. The lowest BCUT2D eigenvalue weighted by atomic mass is 10.1. The lowest BCUT2D eigenvalue weighted by Gasteiger charge is -2.24. The summed E-state index contributed by atoms with van der Waals surface area (Å²) in [6.07, 6.45) is 0.883. The first-order valence-electron chi connectivity index (χ1n) is 6.91. The van der Waals surface area contributed by atoms with E-state index in [0.29, 0.717) is 13.2 Å². The van der Waals surface area contributed by atoms with Gasteiger partial charge in [0.15, 0.2) is 0 Å². The number of aryl methyl sites for hydroxylation is 1. The van der Waals surface area contributed by atoms with Crippen molar-refractivity contribution >= 4 is 11.3 Å². The van der Waals surface area contributed by atoms with Gasteiger partial charge < -0.3 is 15.2 Å². The summed E-state index contributed by atoms with van der Waals surface area (Å²) in [6.45, 7) is 11.5. The van der Waals surface area contributed by atoms with Crippen LogP contribution in [0.25, 0.3) is 0 Å². The van der Waals surface area contributed by atoms with Crippen LogP contribution in [0, 0.1) is 6.92 Å². The molecule has 3 nitrogen and oxygen atoms in total. The van der Waals surface area contributed by atoms with Crippen LogP contribution >= 0.6 is 11.3 Å². The third kappa shape index (κ3) is 6.04. The molecular formula is C15H27NO2S. The highest BCUT2D eigenvalue weighted by Gasteiger charge is 2.21. The number of hydrogen-bond donors (Lipinski definition) is 1. The molecule has 4 heteroatoms. The predicted molar refractivity (Wildman–Crippen MR) is 81.7 cm³/mol. The maximum Gasteiger partial charge on any atom is 0.107 e. The summed E-state index contributed by atoms with van der Waals surface area (Å²) in [5.41, 5.74) is 6.05. The second kappa shape index (κ2) is 7.39. The van der Waals surface area contributed by atoms with Crippen LogP contribution in [0.15, 0.2) is 12.1 Å². The molecule has 19 heavy (non-hydrogen) atoms. The van der Waals surface area contributed by atoms with E-state index in [0.717, 1.165) is 6.42 Å². The minimum absolute atomic E-state index is 0.0210. The maximum atomic E-state index is 6.17. The summed E-state index contributed by atoms with van der Waals surface area (Å²) in [5, 5.41) is 0. The van der Waals surface area contributed by atoms with Gasteiger partial charge in [-0.15, -0.1) is 11.3 Å². The first-order valence-corrected chi connectivity index (χ1v) is 7.72. The Hall–Kier alpha value is -0.420. The standard InChI is InChI=1S/C15H27NO2S/c1-6-12(16)14(13-8-7-11(2)19-13)17-9-10-18-15(3,4)5/h7-8,12,14H,6,9-10,16H2,1-5H3. The van der Waals surface area contributed by atoms with Crippen molar-refractivity contribution in [2.24, 2.45) is 5.73 Å². The minimum Gasteiger partial charge on any atom is -0.373 e. The summed E-state index contributed by atoms with van der Waals surface area (Å²) in [6, 6.07) is 4.27. The zero-order valence-corrected chi connectivity index (χ0v) is 13.5. The molecule has 0 saturated heterocycles. The normalized spacial score (nSPS) is 15.5. The summed E-state index contributed by atoms with van der Waals surface area (Å²) < 4.78 is 11.6. The zero-order valence-electron chi connectivity index (χ0n) is 12.7. The molecule has 2 N–H and O–H groups in total. The number of thiophene rings is 1. The van der Waals surface area contributed by atoms with Crippen LogP contribution in [0.3, 0.4) is 0 Å². The van der Waals surface area contributed by atoms with E-state index in [1.807, 2.05) is 20.8 Å². The minimum atomic E-state index is -0.120. The van der Waals surface area contributed by atoms with E-state index in [1.165, 1.54) is 9.75 Å². The van der Waals surface area contributed by atoms with Gasteiger partial charge in [0.1, 0.15) is 6.10 Å².